The van der Waals surface area contributed by atoms with Crippen molar-refractivity contribution >= 4 is 0 Å². The molecule has 0 unspecified atom stereocenters. The number of benzene rings is 4. The minimum Gasteiger partial charge on any atom is -0.508 e. The van der Waals surface area contributed by atoms with Crippen molar-refractivity contribution in [3.63, 3.8) is 0 Å². The number of aryl methyl sites for hydroxylation is 3. The molecule has 0 aromatic heterocycles. The van der Waals surface area contributed by atoms with Crippen molar-refractivity contribution in [3.8, 4) is 17.2 Å². The van der Waals surface area contributed by atoms with E-state index >= 15 is 0 Å². The number of hydrogen-bond donors (Lipinski definition) is 3. The van der Waals surface area contributed by atoms with Crippen LogP contribution >= 0.6 is 0 Å². The van der Waals surface area contributed by atoms with Gasteiger partial charge in [0.1, 0.15) is 17.2 Å². The molecule has 0 atom stereocenters. The summed E-state index contributed by atoms with van der Waals surface area (Å²) in [4.78, 5) is 0. The molecule has 4 rings (SSSR count). The summed E-state index contributed by atoms with van der Waals surface area (Å²) in [5, 5.41) is 30.4. The van der Waals surface area contributed by atoms with Crippen molar-refractivity contribution in [2.45, 2.75) is 58.8 Å². The molecule has 0 fully saturated rings. The van der Waals surface area contributed by atoms with Gasteiger partial charge in [0, 0.05) is 10.8 Å². The smallest absolute Gasteiger partial charge is 0.118 e. The molecule has 36 heavy (non-hydrogen) atoms. The normalized spacial score (nSPS) is 12.1. The molecule has 0 heterocycles. The molecule has 0 aliphatic heterocycles. The lowest BCUT2D eigenvalue weighted by Crippen LogP contribution is -2.29. The predicted octanol–water partition coefficient (Wildman–Crippen LogP) is 7.80. The van der Waals surface area contributed by atoms with Gasteiger partial charge in [0.25, 0.3) is 0 Å². The fraction of sp³-hybridized carbons (Fsp3) is 0.273. The van der Waals surface area contributed by atoms with Gasteiger partial charge < -0.3 is 15.3 Å². The first kappa shape index (κ1) is 25.4. The number of phenolic OH excluding ortho intramolecular Hbond substituents is 3. The van der Waals surface area contributed by atoms with E-state index in [1.54, 1.807) is 18.2 Å². The summed E-state index contributed by atoms with van der Waals surface area (Å²) >= 11 is 0. The second kappa shape index (κ2) is 9.39. The standard InChI is InChI=1S/C33H36O3/c1-7-33(27-13-16-30(35)22(3)19-27,28-14-17-31(36)23(4)20-28)25-10-8-24(9-11-25)32(5,6)26-12-15-29(34)21(2)18-26/h8-20,34-36H,7H2,1-6H3. The molecule has 4 aromatic carbocycles. The molecular formula is C33H36O3. The number of phenols is 3. The molecule has 3 heteroatoms. The summed E-state index contributed by atoms with van der Waals surface area (Å²) in [7, 11) is 0. The van der Waals surface area contributed by atoms with Crippen LogP contribution in [-0.2, 0) is 10.8 Å². The Kier molecular flexibility index (Phi) is 6.62. The summed E-state index contributed by atoms with van der Waals surface area (Å²) in [5.41, 5.74) is 7.54. The van der Waals surface area contributed by atoms with Crippen LogP contribution in [0.15, 0.2) is 78.9 Å². The van der Waals surface area contributed by atoms with Gasteiger partial charge in [0.05, 0.1) is 0 Å². The van der Waals surface area contributed by atoms with E-state index in [2.05, 4.69) is 63.2 Å². The fourth-order valence-electron chi connectivity index (χ4n) is 5.34. The average Bonchev–Trinajstić information content (AvgIpc) is 2.86. The van der Waals surface area contributed by atoms with Crippen molar-refractivity contribution in [2.75, 3.05) is 0 Å². The van der Waals surface area contributed by atoms with Gasteiger partial charge in [0.2, 0.25) is 0 Å². The Hall–Kier alpha value is -3.72. The van der Waals surface area contributed by atoms with E-state index in [1.165, 1.54) is 5.56 Å². The average molecular weight is 481 g/mol. The lowest BCUT2D eigenvalue weighted by Gasteiger charge is -2.36. The minimum absolute atomic E-state index is 0.240. The third-order valence-corrected chi connectivity index (χ3v) is 7.93. The third-order valence-electron chi connectivity index (χ3n) is 7.93. The molecule has 0 bridgehead atoms. The van der Waals surface area contributed by atoms with Gasteiger partial charge in [-0.05, 0) is 89.9 Å². The van der Waals surface area contributed by atoms with Gasteiger partial charge in [-0.1, -0.05) is 81.4 Å². The Bertz CT molecular complexity index is 1350. The molecule has 0 saturated carbocycles. The van der Waals surface area contributed by atoms with Crippen molar-refractivity contribution in [3.05, 3.63) is 123 Å². The van der Waals surface area contributed by atoms with E-state index in [9.17, 15) is 15.3 Å². The second-order valence-electron chi connectivity index (χ2n) is 10.5. The topological polar surface area (TPSA) is 60.7 Å². The molecule has 4 aromatic rings. The summed E-state index contributed by atoms with van der Waals surface area (Å²) in [6.07, 6.45) is 0.807. The summed E-state index contributed by atoms with van der Waals surface area (Å²) in [6.45, 7) is 12.4. The highest BCUT2D eigenvalue weighted by Crippen LogP contribution is 2.45. The molecule has 0 aliphatic carbocycles. The first-order valence-electron chi connectivity index (χ1n) is 12.5. The maximum absolute atomic E-state index is 10.2. The van der Waals surface area contributed by atoms with Crippen LogP contribution in [-0.4, -0.2) is 15.3 Å². The van der Waals surface area contributed by atoms with E-state index in [0.717, 1.165) is 45.4 Å². The summed E-state index contributed by atoms with van der Waals surface area (Å²) < 4.78 is 0. The van der Waals surface area contributed by atoms with Gasteiger partial charge in [-0.15, -0.1) is 0 Å². The summed E-state index contributed by atoms with van der Waals surface area (Å²) in [5.74, 6) is 0.880. The molecular weight excluding hydrogens is 444 g/mol. The van der Waals surface area contributed by atoms with Crippen molar-refractivity contribution in [1.82, 2.24) is 0 Å². The number of aromatic hydroxyl groups is 3. The van der Waals surface area contributed by atoms with E-state index in [-0.39, 0.29) is 16.9 Å². The highest BCUT2D eigenvalue weighted by molar-refractivity contribution is 5.55. The van der Waals surface area contributed by atoms with Crippen LogP contribution in [0.2, 0.25) is 0 Å². The molecule has 3 nitrogen and oxygen atoms in total. The van der Waals surface area contributed by atoms with E-state index in [4.69, 9.17) is 0 Å². The number of hydrogen-bond acceptors (Lipinski definition) is 3. The van der Waals surface area contributed by atoms with Crippen LogP contribution in [0.4, 0.5) is 0 Å². The maximum atomic E-state index is 10.2. The zero-order chi connectivity index (χ0) is 26.3. The molecule has 0 spiro atoms. The van der Waals surface area contributed by atoms with Gasteiger partial charge in [-0.2, -0.15) is 0 Å². The third kappa shape index (κ3) is 4.24. The Morgan fingerprint density at radius 1 is 0.500 bits per heavy atom. The SMILES string of the molecule is CCC(c1ccc(C(C)(C)c2ccc(O)c(C)c2)cc1)(c1ccc(O)c(C)c1)c1ccc(O)c(C)c1. The Morgan fingerprint density at radius 3 is 1.22 bits per heavy atom. The highest BCUT2D eigenvalue weighted by atomic mass is 16.3. The first-order valence-corrected chi connectivity index (χ1v) is 12.5. The van der Waals surface area contributed by atoms with Crippen LogP contribution in [0.25, 0.3) is 0 Å². The van der Waals surface area contributed by atoms with E-state index in [1.807, 2.05) is 39.0 Å². The minimum atomic E-state index is -0.450. The van der Waals surface area contributed by atoms with Gasteiger partial charge in [-0.3, -0.25) is 0 Å². The first-order chi connectivity index (χ1) is 17.0. The largest absolute Gasteiger partial charge is 0.508 e. The van der Waals surface area contributed by atoms with Gasteiger partial charge >= 0.3 is 0 Å². The van der Waals surface area contributed by atoms with Crippen LogP contribution in [0, 0.1) is 20.8 Å². The van der Waals surface area contributed by atoms with Crippen LogP contribution in [0.5, 0.6) is 17.2 Å². The Labute approximate surface area is 214 Å². The molecule has 0 saturated heterocycles. The zero-order valence-electron chi connectivity index (χ0n) is 22.1. The maximum Gasteiger partial charge on any atom is 0.118 e. The summed E-state index contributed by atoms with van der Waals surface area (Å²) in [6, 6.07) is 26.3. The van der Waals surface area contributed by atoms with Gasteiger partial charge in [-0.25, -0.2) is 0 Å². The van der Waals surface area contributed by atoms with E-state index in [0.29, 0.717) is 5.75 Å². The lowest BCUT2D eigenvalue weighted by atomic mass is 9.66. The zero-order valence-corrected chi connectivity index (χ0v) is 22.1. The van der Waals surface area contributed by atoms with Crippen molar-refractivity contribution in [2.24, 2.45) is 0 Å². The van der Waals surface area contributed by atoms with Crippen LogP contribution < -0.4 is 0 Å². The molecule has 186 valence electrons. The fourth-order valence-corrected chi connectivity index (χ4v) is 5.34. The van der Waals surface area contributed by atoms with Crippen LogP contribution in [0.3, 0.4) is 0 Å². The lowest BCUT2D eigenvalue weighted by molar-refractivity contribution is 0.468. The monoisotopic (exact) mass is 480 g/mol. The Morgan fingerprint density at radius 2 is 0.833 bits per heavy atom. The molecule has 0 aliphatic rings. The van der Waals surface area contributed by atoms with Crippen LogP contribution in [0.1, 0.15) is 71.7 Å². The highest BCUT2D eigenvalue weighted by Gasteiger charge is 2.36. The molecule has 0 radical (unpaired) electrons. The van der Waals surface area contributed by atoms with E-state index < -0.39 is 5.41 Å². The molecule has 3 N–H and O–H groups in total. The quantitative estimate of drug-likeness (QED) is 0.247. The van der Waals surface area contributed by atoms with Crippen molar-refractivity contribution < 1.29 is 15.3 Å². The predicted molar refractivity (Wildman–Crippen MR) is 147 cm³/mol. The second-order valence-corrected chi connectivity index (χ2v) is 10.5. The Balaban J connectivity index is 1.88. The molecule has 0 amide bonds. The van der Waals surface area contributed by atoms with Crippen molar-refractivity contribution in [1.29, 1.82) is 0 Å². The number of rotatable bonds is 6. The van der Waals surface area contributed by atoms with Gasteiger partial charge in [0.15, 0.2) is 0 Å².